The Morgan fingerprint density at radius 1 is 1.00 bits per heavy atom. The Morgan fingerprint density at radius 3 is 2.38 bits per heavy atom. The fourth-order valence-corrected chi connectivity index (χ4v) is 3.46. The summed E-state index contributed by atoms with van der Waals surface area (Å²) in [5, 5.41) is 5.12. The van der Waals surface area contributed by atoms with Crippen molar-refractivity contribution in [2.24, 2.45) is 5.14 Å². The molecule has 122 valence electrons. The summed E-state index contributed by atoms with van der Waals surface area (Å²) in [4.78, 5) is 4.72. The van der Waals surface area contributed by atoms with Crippen LogP contribution in [0, 0.1) is 0 Å². The largest absolute Gasteiger partial charge is 0.448 e. The van der Waals surface area contributed by atoms with Crippen molar-refractivity contribution >= 4 is 10.0 Å². The Kier molecular flexibility index (Phi) is 3.51. The quantitative estimate of drug-likeness (QED) is 0.790. The lowest BCUT2D eigenvalue weighted by Gasteiger charge is -2.01. The number of nitrogens with zero attached hydrogens (tertiary/aromatic N) is 1. The Bertz CT molecular complexity index is 963. The van der Waals surface area contributed by atoms with Gasteiger partial charge in [0.15, 0.2) is 5.89 Å². The maximum Gasteiger partial charge on any atom is 0.238 e. The molecule has 3 aromatic rings. The van der Waals surface area contributed by atoms with Crippen LogP contribution >= 0.6 is 0 Å². The molecule has 1 aliphatic rings. The second kappa shape index (κ2) is 5.58. The molecule has 0 amide bonds. The van der Waals surface area contributed by atoms with Gasteiger partial charge in [0.25, 0.3) is 0 Å². The standard InChI is InChI=1S/C18H16N2O3S/c19-24(21,22)14-8-6-12(7-9-14)15-10-16(15)18-20-17(11-23-18)13-4-2-1-3-5-13/h1-9,11,15-16H,10H2,(H2,19,21,22)/t15-,16+/m1/s1. The van der Waals surface area contributed by atoms with E-state index in [9.17, 15) is 8.42 Å². The van der Waals surface area contributed by atoms with E-state index in [1.54, 1.807) is 18.4 Å². The van der Waals surface area contributed by atoms with Crippen molar-refractivity contribution < 1.29 is 12.8 Å². The molecule has 0 spiro atoms. The van der Waals surface area contributed by atoms with Gasteiger partial charge in [-0.25, -0.2) is 18.5 Å². The van der Waals surface area contributed by atoms with Crippen LogP contribution < -0.4 is 5.14 Å². The zero-order chi connectivity index (χ0) is 16.7. The van der Waals surface area contributed by atoms with Crippen LogP contribution in [0.2, 0.25) is 0 Å². The van der Waals surface area contributed by atoms with Crippen LogP contribution in [-0.4, -0.2) is 13.4 Å². The van der Waals surface area contributed by atoms with Crippen molar-refractivity contribution in [1.82, 2.24) is 4.98 Å². The van der Waals surface area contributed by atoms with E-state index in [0.29, 0.717) is 5.92 Å². The Morgan fingerprint density at radius 2 is 1.71 bits per heavy atom. The lowest BCUT2D eigenvalue weighted by atomic mass is 10.1. The number of benzene rings is 2. The number of hydrogen-bond donors (Lipinski definition) is 1. The smallest absolute Gasteiger partial charge is 0.238 e. The highest BCUT2D eigenvalue weighted by atomic mass is 32.2. The summed E-state index contributed by atoms with van der Waals surface area (Å²) in [5.74, 6) is 1.28. The van der Waals surface area contributed by atoms with Crippen LogP contribution in [0.15, 0.2) is 70.2 Å². The van der Waals surface area contributed by atoms with Crippen molar-refractivity contribution in [3.8, 4) is 11.3 Å². The lowest BCUT2D eigenvalue weighted by Crippen LogP contribution is -2.11. The van der Waals surface area contributed by atoms with Crippen molar-refractivity contribution in [2.75, 3.05) is 0 Å². The molecule has 24 heavy (non-hydrogen) atoms. The summed E-state index contributed by atoms with van der Waals surface area (Å²) in [6.07, 6.45) is 2.63. The number of primary sulfonamides is 1. The first-order chi connectivity index (χ1) is 11.5. The first kappa shape index (κ1) is 15.1. The van der Waals surface area contributed by atoms with Crippen LogP contribution in [0.25, 0.3) is 11.3 Å². The normalized spacial score (nSPS) is 20.0. The van der Waals surface area contributed by atoms with E-state index in [4.69, 9.17) is 9.56 Å². The van der Waals surface area contributed by atoms with E-state index in [0.717, 1.165) is 29.1 Å². The van der Waals surface area contributed by atoms with E-state index >= 15 is 0 Å². The van der Waals surface area contributed by atoms with E-state index in [1.807, 2.05) is 42.5 Å². The van der Waals surface area contributed by atoms with Crippen molar-refractivity contribution in [1.29, 1.82) is 0 Å². The number of oxazole rings is 1. The molecule has 0 aliphatic heterocycles. The summed E-state index contributed by atoms with van der Waals surface area (Å²) in [6.45, 7) is 0. The van der Waals surface area contributed by atoms with Gasteiger partial charge in [0.2, 0.25) is 10.0 Å². The molecule has 4 rings (SSSR count). The first-order valence-corrected chi connectivity index (χ1v) is 9.20. The third-order valence-electron chi connectivity index (χ3n) is 4.34. The molecule has 6 heteroatoms. The third-order valence-corrected chi connectivity index (χ3v) is 5.27. The zero-order valence-corrected chi connectivity index (χ0v) is 13.6. The number of hydrogen-bond acceptors (Lipinski definition) is 4. The number of nitrogens with two attached hydrogens (primary N) is 1. The van der Waals surface area contributed by atoms with Gasteiger partial charge < -0.3 is 4.42 Å². The van der Waals surface area contributed by atoms with Gasteiger partial charge in [-0.3, -0.25) is 0 Å². The Balaban J connectivity index is 1.52. The van der Waals surface area contributed by atoms with Crippen LogP contribution in [-0.2, 0) is 10.0 Å². The molecule has 5 nitrogen and oxygen atoms in total. The Labute approximate surface area is 140 Å². The monoisotopic (exact) mass is 340 g/mol. The number of aromatic nitrogens is 1. The summed E-state index contributed by atoms with van der Waals surface area (Å²) >= 11 is 0. The van der Waals surface area contributed by atoms with Gasteiger partial charge in [-0.1, -0.05) is 42.5 Å². The fourth-order valence-electron chi connectivity index (χ4n) is 2.94. The van der Waals surface area contributed by atoms with E-state index in [1.165, 1.54) is 0 Å². The van der Waals surface area contributed by atoms with Gasteiger partial charge in [0, 0.05) is 11.5 Å². The Hall–Kier alpha value is -2.44. The molecule has 0 unspecified atom stereocenters. The van der Waals surface area contributed by atoms with Gasteiger partial charge in [-0.15, -0.1) is 0 Å². The average molecular weight is 340 g/mol. The van der Waals surface area contributed by atoms with Crippen molar-refractivity contribution in [3.63, 3.8) is 0 Å². The molecule has 2 N–H and O–H groups in total. The summed E-state index contributed by atoms with van der Waals surface area (Å²) < 4.78 is 28.3. The third kappa shape index (κ3) is 2.86. The van der Waals surface area contributed by atoms with E-state index in [-0.39, 0.29) is 10.8 Å². The molecule has 1 aromatic heterocycles. The zero-order valence-electron chi connectivity index (χ0n) is 12.8. The number of sulfonamides is 1. The molecule has 1 saturated carbocycles. The molecule has 0 saturated heterocycles. The topological polar surface area (TPSA) is 86.2 Å². The molecule has 1 heterocycles. The summed E-state index contributed by atoms with van der Waals surface area (Å²) in [7, 11) is -3.65. The second-order valence-electron chi connectivity index (χ2n) is 6.00. The molecule has 0 bridgehead atoms. The molecule has 2 aromatic carbocycles. The maximum absolute atomic E-state index is 11.3. The predicted octanol–water partition coefficient (Wildman–Crippen LogP) is 3.26. The van der Waals surface area contributed by atoms with Gasteiger partial charge >= 0.3 is 0 Å². The van der Waals surface area contributed by atoms with Crippen LogP contribution in [0.3, 0.4) is 0 Å². The van der Waals surface area contributed by atoms with E-state index < -0.39 is 10.0 Å². The van der Waals surface area contributed by atoms with Gasteiger partial charge in [-0.2, -0.15) is 0 Å². The average Bonchev–Trinajstić information content (AvgIpc) is 3.23. The highest BCUT2D eigenvalue weighted by Crippen LogP contribution is 2.54. The molecule has 1 fully saturated rings. The van der Waals surface area contributed by atoms with Gasteiger partial charge in [-0.05, 0) is 30.0 Å². The minimum atomic E-state index is -3.65. The molecular weight excluding hydrogens is 324 g/mol. The first-order valence-electron chi connectivity index (χ1n) is 7.66. The SMILES string of the molecule is NS(=O)(=O)c1ccc([C@H]2C[C@@H]2c2nc(-c3ccccc3)co2)cc1. The minimum absolute atomic E-state index is 0.130. The molecular formula is C18H16N2O3S. The number of rotatable bonds is 4. The molecule has 1 aliphatic carbocycles. The highest BCUT2D eigenvalue weighted by Gasteiger charge is 2.43. The minimum Gasteiger partial charge on any atom is -0.448 e. The van der Waals surface area contributed by atoms with Gasteiger partial charge in [0.05, 0.1) is 4.90 Å². The lowest BCUT2D eigenvalue weighted by molar-refractivity contribution is 0.494. The molecule has 0 radical (unpaired) electrons. The van der Waals surface area contributed by atoms with Crippen LogP contribution in [0.1, 0.15) is 29.7 Å². The van der Waals surface area contributed by atoms with Gasteiger partial charge in [0.1, 0.15) is 12.0 Å². The van der Waals surface area contributed by atoms with Crippen LogP contribution in [0.5, 0.6) is 0 Å². The molecule has 2 atom stereocenters. The second-order valence-corrected chi connectivity index (χ2v) is 7.56. The van der Waals surface area contributed by atoms with E-state index in [2.05, 4.69) is 4.98 Å². The van der Waals surface area contributed by atoms with Crippen molar-refractivity contribution in [3.05, 3.63) is 72.3 Å². The van der Waals surface area contributed by atoms with Crippen molar-refractivity contribution in [2.45, 2.75) is 23.2 Å². The fraction of sp³-hybridized carbons (Fsp3) is 0.167. The highest BCUT2D eigenvalue weighted by molar-refractivity contribution is 7.89. The maximum atomic E-state index is 11.3. The van der Waals surface area contributed by atoms with Crippen LogP contribution in [0.4, 0.5) is 0 Å². The summed E-state index contributed by atoms with van der Waals surface area (Å²) in [5.41, 5.74) is 2.94. The predicted molar refractivity (Wildman–Crippen MR) is 89.9 cm³/mol. The summed E-state index contributed by atoms with van der Waals surface area (Å²) in [6, 6.07) is 16.6.